The Balaban J connectivity index is 0.000000351. The van der Waals surface area contributed by atoms with Crippen LogP contribution in [0.5, 0.6) is 0 Å². The normalized spacial score (nSPS) is 10.7. The van der Waals surface area contributed by atoms with Crippen molar-refractivity contribution in [1.29, 1.82) is 0 Å². The van der Waals surface area contributed by atoms with Crippen molar-refractivity contribution in [3.8, 4) is 0 Å². The highest BCUT2D eigenvalue weighted by atomic mass is 17.2. The van der Waals surface area contributed by atoms with Crippen molar-refractivity contribution in [3.63, 3.8) is 0 Å². The van der Waals surface area contributed by atoms with E-state index >= 15 is 0 Å². The third kappa shape index (κ3) is 8.09. The third-order valence-corrected chi connectivity index (χ3v) is 4.54. The van der Waals surface area contributed by atoms with Crippen LogP contribution in [0.1, 0.15) is 75.5 Å². The van der Waals surface area contributed by atoms with Gasteiger partial charge < -0.3 is 20.3 Å². The number of carboxylic acids is 2. The summed E-state index contributed by atoms with van der Waals surface area (Å²) < 4.78 is 0. The lowest BCUT2D eigenvalue weighted by atomic mass is 9.99. The van der Waals surface area contributed by atoms with Crippen LogP contribution in [-0.2, 0) is 32.4 Å². The lowest BCUT2D eigenvalue weighted by Gasteiger charge is -2.10. The van der Waals surface area contributed by atoms with Crippen molar-refractivity contribution >= 4 is 23.8 Å². The standard InChI is InChI=1S/C12H15NO5.C12H14O5/c1-3-8-6-5-7-9(10(8)12(14)15)11(13-16)18-17-4-2;1-3-8-6-5-7-9(10(8)11(13)14)12(15)17-16-4-2/h5-7,16H,3-4H2,1-2H3,(H,14,15);5-7H,3-4H2,1-2H3,(H,13,14). The number of carbonyl (C=O) groups excluding carboxylic acids is 1. The molecule has 2 aromatic carbocycles. The second-order valence-electron chi connectivity index (χ2n) is 6.67. The van der Waals surface area contributed by atoms with E-state index in [4.69, 9.17) is 15.2 Å². The Morgan fingerprint density at radius 1 is 0.743 bits per heavy atom. The Morgan fingerprint density at radius 2 is 1.20 bits per heavy atom. The first-order valence-electron chi connectivity index (χ1n) is 10.8. The van der Waals surface area contributed by atoms with Gasteiger partial charge in [0.25, 0.3) is 5.90 Å². The molecular weight excluding hydrogens is 462 g/mol. The number of oxime groups is 1. The largest absolute Gasteiger partial charge is 0.478 e. The first-order valence-corrected chi connectivity index (χ1v) is 10.8. The van der Waals surface area contributed by atoms with Gasteiger partial charge in [-0.2, -0.15) is 9.78 Å². The zero-order valence-corrected chi connectivity index (χ0v) is 19.9. The van der Waals surface area contributed by atoms with Crippen molar-refractivity contribution in [3.05, 3.63) is 69.8 Å². The van der Waals surface area contributed by atoms with Gasteiger partial charge in [-0.3, -0.25) is 4.89 Å². The topological polar surface area (TPSA) is 161 Å². The number of benzene rings is 2. The number of aryl methyl sites for hydroxylation is 2. The molecule has 0 fully saturated rings. The van der Waals surface area contributed by atoms with Crippen LogP contribution in [0.25, 0.3) is 0 Å². The molecule has 0 spiro atoms. The molecule has 35 heavy (non-hydrogen) atoms. The van der Waals surface area contributed by atoms with E-state index in [2.05, 4.69) is 19.8 Å². The molecule has 0 aliphatic heterocycles. The summed E-state index contributed by atoms with van der Waals surface area (Å²) in [5.74, 6) is -3.32. The molecule has 2 aromatic rings. The predicted molar refractivity (Wildman–Crippen MR) is 124 cm³/mol. The van der Waals surface area contributed by atoms with Gasteiger partial charge in [-0.15, -0.1) is 0 Å². The Morgan fingerprint density at radius 3 is 1.63 bits per heavy atom. The molecule has 11 nitrogen and oxygen atoms in total. The zero-order chi connectivity index (χ0) is 26.4. The predicted octanol–water partition coefficient (Wildman–Crippen LogP) is 4.11. The minimum Gasteiger partial charge on any atom is -0.478 e. The van der Waals surface area contributed by atoms with Gasteiger partial charge in [-0.1, -0.05) is 38.1 Å². The molecule has 3 N–H and O–H groups in total. The maximum absolute atomic E-state index is 11.6. The van der Waals surface area contributed by atoms with Gasteiger partial charge in [-0.05, 0) is 55.1 Å². The third-order valence-electron chi connectivity index (χ3n) is 4.54. The van der Waals surface area contributed by atoms with E-state index in [0.717, 1.165) is 0 Å². The van der Waals surface area contributed by atoms with E-state index in [1.54, 1.807) is 38.1 Å². The zero-order valence-electron chi connectivity index (χ0n) is 19.9. The Kier molecular flexibility index (Phi) is 12.5. The average Bonchev–Trinajstić information content (AvgIpc) is 2.86. The van der Waals surface area contributed by atoms with Crippen LogP contribution in [0.4, 0.5) is 0 Å². The highest BCUT2D eigenvalue weighted by Crippen LogP contribution is 2.18. The maximum atomic E-state index is 11.6. The summed E-state index contributed by atoms with van der Waals surface area (Å²) >= 11 is 0. The van der Waals surface area contributed by atoms with Crippen LogP contribution in [0.3, 0.4) is 0 Å². The molecule has 0 aliphatic rings. The number of carboxylic acid groups (broad SMARTS) is 2. The van der Waals surface area contributed by atoms with Crippen LogP contribution in [0, 0.1) is 0 Å². The molecule has 2 rings (SSSR count). The van der Waals surface area contributed by atoms with Crippen molar-refractivity contribution in [2.45, 2.75) is 40.5 Å². The Labute approximate surface area is 202 Å². The van der Waals surface area contributed by atoms with E-state index in [9.17, 15) is 19.5 Å². The lowest BCUT2D eigenvalue weighted by molar-refractivity contribution is -0.236. The molecule has 0 saturated carbocycles. The van der Waals surface area contributed by atoms with Crippen molar-refractivity contribution < 1.29 is 49.4 Å². The molecule has 0 aromatic heterocycles. The molecule has 0 unspecified atom stereocenters. The second kappa shape index (κ2) is 15.0. The molecule has 0 atom stereocenters. The summed E-state index contributed by atoms with van der Waals surface area (Å²) in [7, 11) is 0. The van der Waals surface area contributed by atoms with Crippen molar-refractivity contribution in [1.82, 2.24) is 0 Å². The summed E-state index contributed by atoms with van der Waals surface area (Å²) in [6, 6.07) is 9.55. The van der Waals surface area contributed by atoms with E-state index < -0.39 is 17.9 Å². The number of carbonyl (C=O) groups is 3. The van der Waals surface area contributed by atoms with Gasteiger partial charge in [0.15, 0.2) is 0 Å². The summed E-state index contributed by atoms with van der Waals surface area (Å²) in [5.41, 5.74) is 1.42. The first-order chi connectivity index (χ1) is 16.8. The summed E-state index contributed by atoms with van der Waals surface area (Å²) in [4.78, 5) is 52.4. The summed E-state index contributed by atoms with van der Waals surface area (Å²) in [6.45, 7) is 7.46. The van der Waals surface area contributed by atoms with Gasteiger partial charge in [-0.25, -0.2) is 14.4 Å². The van der Waals surface area contributed by atoms with Crippen molar-refractivity contribution in [2.75, 3.05) is 13.2 Å². The molecular formula is C24H29NO10. The van der Waals surface area contributed by atoms with Crippen LogP contribution in [-0.4, -0.2) is 52.4 Å². The molecule has 0 heterocycles. The van der Waals surface area contributed by atoms with E-state index in [1.807, 2.05) is 13.8 Å². The Bertz CT molecular complexity index is 1050. The SMILES string of the molecule is CCOOC(=NO)c1cccc(CC)c1C(=O)O.CCOOC(=O)c1cccc(CC)c1C(=O)O. The van der Waals surface area contributed by atoms with E-state index in [-0.39, 0.29) is 41.4 Å². The number of hydrogen-bond acceptors (Lipinski definition) is 9. The molecule has 0 aliphatic carbocycles. The maximum Gasteiger partial charge on any atom is 0.373 e. The fourth-order valence-corrected chi connectivity index (χ4v) is 3.03. The molecule has 190 valence electrons. The average molecular weight is 491 g/mol. The molecule has 0 saturated heterocycles. The molecule has 11 heteroatoms. The van der Waals surface area contributed by atoms with Gasteiger partial charge in [0, 0.05) is 0 Å². The van der Waals surface area contributed by atoms with Gasteiger partial charge in [0.1, 0.15) is 0 Å². The van der Waals surface area contributed by atoms with Crippen LogP contribution >= 0.6 is 0 Å². The molecule has 0 amide bonds. The number of nitrogens with zero attached hydrogens (tertiary/aromatic N) is 1. The van der Waals surface area contributed by atoms with E-state index in [1.165, 1.54) is 12.1 Å². The monoisotopic (exact) mass is 491 g/mol. The second-order valence-corrected chi connectivity index (χ2v) is 6.67. The highest BCUT2D eigenvalue weighted by Gasteiger charge is 2.22. The van der Waals surface area contributed by atoms with Crippen LogP contribution < -0.4 is 0 Å². The number of rotatable bonds is 10. The quantitative estimate of drug-likeness (QED) is 0.145. The molecule has 0 bridgehead atoms. The Hall–Kier alpha value is -3.96. The van der Waals surface area contributed by atoms with Gasteiger partial charge in [0.05, 0.1) is 35.5 Å². The summed E-state index contributed by atoms with van der Waals surface area (Å²) in [5, 5.41) is 30.1. The van der Waals surface area contributed by atoms with Gasteiger partial charge >= 0.3 is 17.9 Å². The van der Waals surface area contributed by atoms with Crippen molar-refractivity contribution in [2.24, 2.45) is 5.16 Å². The fraction of sp³-hybridized carbons (Fsp3) is 0.333. The minimum absolute atomic E-state index is 0.00491. The fourth-order valence-electron chi connectivity index (χ4n) is 3.03. The minimum atomic E-state index is -1.15. The lowest BCUT2D eigenvalue weighted by Crippen LogP contribution is -2.15. The summed E-state index contributed by atoms with van der Waals surface area (Å²) in [6.07, 6.45) is 1.07. The number of hydrogen-bond donors (Lipinski definition) is 3. The van der Waals surface area contributed by atoms with Crippen LogP contribution in [0.15, 0.2) is 41.6 Å². The number of aromatic carboxylic acids is 2. The smallest absolute Gasteiger partial charge is 0.373 e. The van der Waals surface area contributed by atoms with Gasteiger partial charge in [0.2, 0.25) is 0 Å². The van der Waals surface area contributed by atoms with E-state index in [0.29, 0.717) is 24.0 Å². The molecule has 0 radical (unpaired) electrons. The highest BCUT2D eigenvalue weighted by molar-refractivity contribution is 6.05. The van der Waals surface area contributed by atoms with Crippen LogP contribution in [0.2, 0.25) is 0 Å². The first kappa shape index (κ1) is 29.1.